The van der Waals surface area contributed by atoms with E-state index in [1.54, 1.807) is 28.8 Å². The number of ether oxygens (including phenoxy) is 1. The van der Waals surface area contributed by atoms with E-state index in [1.165, 1.54) is 6.33 Å². The molecule has 15 heteroatoms. The average molecular weight is 535 g/mol. The van der Waals surface area contributed by atoms with Gasteiger partial charge in [0.15, 0.2) is 11.2 Å². The highest BCUT2D eigenvalue weighted by Gasteiger charge is 2.37. The van der Waals surface area contributed by atoms with E-state index >= 15 is 0 Å². The van der Waals surface area contributed by atoms with Crippen LogP contribution in [0.2, 0.25) is 0 Å². The van der Waals surface area contributed by atoms with Crippen molar-refractivity contribution in [1.82, 2.24) is 24.8 Å². The van der Waals surface area contributed by atoms with Crippen LogP contribution in [0, 0.1) is 0 Å². The highest BCUT2D eigenvalue weighted by atomic mass is 31.0. The first-order chi connectivity index (χ1) is 17.4. The van der Waals surface area contributed by atoms with Gasteiger partial charge in [-0.15, -0.1) is 0 Å². The van der Waals surface area contributed by atoms with Gasteiger partial charge in [-0.05, 0) is 17.7 Å². The topological polar surface area (TPSA) is 175 Å². The largest absolute Gasteiger partial charge is 0.363 e. The molecule has 0 spiro atoms. The number of benzene rings is 1. The van der Waals surface area contributed by atoms with E-state index in [-0.39, 0.29) is 48.2 Å². The first-order valence-electron chi connectivity index (χ1n) is 11.1. The summed E-state index contributed by atoms with van der Waals surface area (Å²) in [5, 5.41) is 5.24. The maximum absolute atomic E-state index is 12.5. The molecule has 1 saturated heterocycles. The number of hydrogen-bond acceptors (Lipinski definition) is 9. The van der Waals surface area contributed by atoms with Crippen molar-refractivity contribution in [3.8, 4) is 0 Å². The van der Waals surface area contributed by atoms with Gasteiger partial charge in [0.1, 0.15) is 12.3 Å². The van der Waals surface area contributed by atoms with Crippen LogP contribution in [0.1, 0.15) is 35.0 Å². The van der Waals surface area contributed by atoms with Gasteiger partial charge in [0.25, 0.3) is 11.5 Å². The number of nitrogens with zero attached hydrogens (tertiary/aromatic N) is 3. The zero-order valence-electron chi connectivity index (χ0n) is 19.2. The summed E-state index contributed by atoms with van der Waals surface area (Å²) in [6.07, 6.45) is 0.868. The number of aromatic amines is 1. The average Bonchev–Trinajstić information content (AvgIpc) is 3.48. The second-order valence-corrected chi connectivity index (χ2v) is 8.67. The molecule has 192 valence electrons. The summed E-state index contributed by atoms with van der Waals surface area (Å²) in [5.41, 5.74) is 6.79. The second kappa shape index (κ2) is 12.0. The van der Waals surface area contributed by atoms with Gasteiger partial charge in [-0.1, -0.05) is 12.1 Å². The third-order valence-corrected chi connectivity index (χ3v) is 6.25. The monoisotopic (exact) mass is 535 g/mol. The van der Waals surface area contributed by atoms with Gasteiger partial charge in [0.05, 0.1) is 19.0 Å². The van der Waals surface area contributed by atoms with Gasteiger partial charge in [-0.2, -0.15) is 4.98 Å². The fourth-order valence-corrected chi connectivity index (χ4v) is 4.31. The maximum Gasteiger partial charge on any atom is 0.280 e. The lowest BCUT2D eigenvalue weighted by Crippen LogP contribution is -2.28. The van der Waals surface area contributed by atoms with E-state index in [0.717, 1.165) is 5.56 Å². The molecule has 5 N–H and O–H groups in total. The van der Waals surface area contributed by atoms with Crippen LogP contribution in [0.4, 0.5) is 5.95 Å². The molecule has 0 bridgehead atoms. The zero-order chi connectivity index (χ0) is 25.7. The SMILES string of the molecule is NCc1ccc(C(=O)NCCC(=O)Nc2nc3c(ncn3[C@H]3C[C@@H](OP)[C@@H](COP)O3)c(=O)[nH]2)cc1. The Balaban J connectivity index is 1.39. The number of anilines is 1. The fourth-order valence-electron chi connectivity index (χ4n) is 3.83. The van der Waals surface area contributed by atoms with Crippen LogP contribution in [0.15, 0.2) is 35.4 Å². The predicted molar refractivity (Wildman–Crippen MR) is 137 cm³/mol. The number of nitrogens with two attached hydrogens (primary N) is 1. The summed E-state index contributed by atoms with van der Waals surface area (Å²) in [5.74, 6) is -0.781. The molecule has 36 heavy (non-hydrogen) atoms. The van der Waals surface area contributed by atoms with Gasteiger partial charge < -0.3 is 24.8 Å². The van der Waals surface area contributed by atoms with Crippen molar-refractivity contribution in [3.63, 3.8) is 0 Å². The van der Waals surface area contributed by atoms with E-state index < -0.39 is 17.7 Å². The summed E-state index contributed by atoms with van der Waals surface area (Å²) in [6.45, 7) is 0.788. The van der Waals surface area contributed by atoms with Crippen LogP contribution < -0.4 is 21.9 Å². The predicted octanol–water partition coefficient (Wildman–Crippen LogP) is 0.606. The summed E-state index contributed by atoms with van der Waals surface area (Å²) in [4.78, 5) is 48.2. The summed E-state index contributed by atoms with van der Waals surface area (Å²) < 4.78 is 18.1. The number of fused-ring (bicyclic) bond motifs is 1. The number of amides is 2. The van der Waals surface area contributed by atoms with Crippen LogP contribution in [0.5, 0.6) is 0 Å². The summed E-state index contributed by atoms with van der Waals surface area (Å²) in [6, 6.07) is 6.88. The molecule has 2 unspecified atom stereocenters. The molecule has 13 nitrogen and oxygen atoms in total. The summed E-state index contributed by atoms with van der Waals surface area (Å²) >= 11 is 0. The number of hydrogen-bond donors (Lipinski definition) is 4. The molecule has 4 rings (SSSR count). The van der Waals surface area contributed by atoms with Gasteiger partial charge in [-0.3, -0.25) is 29.3 Å². The molecule has 1 fully saturated rings. The molecule has 2 amide bonds. The normalized spacial score (nSPS) is 19.5. The minimum atomic E-state index is -0.509. The number of carbonyl (C=O) groups is 2. The number of nitrogens with one attached hydrogen (secondary N) is 3. The van der Waals surface area contributed by atoms with Crippen LogP contribution in [0.25, 0.3) is 11.2 Å². The molecular formula is C21H27N7O6P2. The first kappa shape index (κ1) is 26.3. The number of rotatable bonds is 10. The van der Waals surface area contributed by atoms with Crippen molar-refractivity contribution < 1.29 is 23.4 Å². The Bertz CT molecular complexity index is 1280. The molecule has 1 aromatic carbocycles. The van der Waals surface area contributed by atoms with Gasteiger partial charge >= 0.3 is 0 Å². The fraction of sp³-hybridized carbons (Fsp3) is 0.381. The molecule has 5 atom stereocenters. The number of H-pyrrole nitrogens is 1. The Morgan fingerprint density at radius 1 is 1.28 bits per heavy atom. The Morgan fingerprint density at radius 3 is 2.75 bits per heavy atom. The third-order valence-electron chi connectivity index (χ3n) is 5.71. The van der Waals surface area contributed by atoms with E-state index in [4.69, 9.17) is 19.5 Å². The Morgan fingerprint density at radius 2 is 2.06 bits per heavy atom. The molecular weight excluding hydrogens is 508 g/mol. The van der Waals surface area contributed by atoms with Crippen LogP contribution in [-0.4, -0.2) is 56.7 Å². The quantitative estimate of drug-likeness (QED) is 0.271. The molecule has 0 aliphatic carbocycles. The van der Waals surface area contributed by atoms with Crippen LogP contribution >= 0.6 is 18.9 Å². The van der Waals surface area contributed by atoms with E-state index in [1.807, 2.05) is 0 Å². The lowest BCUT2D eigenvalue weighted by Gasteiger charge is -2.15. The zero-order valence-corrected chi connectivity index (χ0v) is 21.5. The van der Waals surface area contributed by atoms with E-state index in [9.17, 15) is 14.4 Å². The van der Waals surface area contributed by atoms with Crippen molar-refractivity contribution in [2.45, 2.75) is 37.8 Å². The van der Waals surface area contributed by atoms with Gasteiger partial charge in [0.2, 0.25) is 11.9 Å². The van der Waals surface area contributed by atoms with E-state index in [2.05, 4.69) is 44.5 Å². The molecule has 0 radical (unpaired) electrons. The van der Waals surface area contributed by atoms with Crippen LogP contribution in [0.3, 0.4) is 0 Å². The lowest BCUT2D eigenvalue weighted by molar-refractivity contribution is -0.116. The van der Waals surface area contributed by atoms with Crippen molar-refractivity contribution in [3.05, 3.63) is 52.1 Å². The molecule has 2 aromatic heterocycles. The second-order valence-electron chi connectivity index (χ2n) is 8.07. The Labute approximate surface area is 210 Å². The first-order valence-corrected chi connectivity index (χ1v) is 12.0. The number of carbonyl (C=O) groups excluding carboxylic acids is 2. The van der Waals surface area contributed by atoms with Crippen molar-refractivity contribution in [2.75, 3.05) is 18.5 Å². The number of aromatic nitrogens is 4. The van der Waals surface area contributed by atoms with Gasteiger partial charge in [0, 0.05) is 50.4 Å². The van der Waals surface area contributed by atoms with Crippen molar-refractivity contribution in [1.29, 1.82) is 0 Å². The van der Waals surface area contributed by atoms with Crippen molar-refractivity contribution in [2.24, 2.45) is 5.73 Å². The smallest absolute Gasteiger partial charge is 0.280 e. The minimum Gasteiger partial charge on any atom is -0.363 e. The Hall–Kier alpha value is -2.79. The third kappa shape index (κ3) is 5.95. The maximum atomic E-state index is 12.5. The minimum absolute atomic E-state index is 0.0245. The summed E-state index contributed by atoms with van der Waals surface area (Å²) in [7, 11) is 4.40. The van der Waals surface area contributed by atoms with Gasteiger partial charge in [-0.25, -0.2) is 4.98 Å². The van der Waals surface area contributed by atoms with Crippen LogP contribution in [-0.2, 0) is 25.1 Å². The highest BCUT2D eigenvalue weighted by Crippen LogP contribution is 2.33. The number of imidazole rings is 1. The molecule has 3 heterocycles. The van der Waals surface area contributed by atoms with Crippen molar-refractivity contribution >= 4 is 47.9 Å². The highest BCUT2D eigenvalue weighted by molar-refractivity contribution is 7.10. The molecule has 1 aliphatic rings. The van der Waals surface area contributed by atoms with E-state index in [0.29, 0.717) is 25.1 Å². The molecule has 3 aromatic rings. The standard InChI is InChI=1S/C21H27N7O6P2/c22-8-11-1-3-12(4-2-11)19(30)23-6-5-15(29)25-21-26-18-17(20(31)27-21)24-10-28(18)16-7-13(34-36)14(33-16)9-32-35/h1-4,10,13-14,16H,5-9,22,35-36H2,(H,23,30)(H2,25,26,27,29,31)/t13-,14-,16-/m1/s1. The molecule has 1 aliphatic heterocycles. The lowest BCUT2D eigenvalue weighted by atomic mass is 10.1. The molecule has 0 saturated carbocycles. The Kier molecular flexibility index (Phi) is 8.73.